The first-order valence-corrected chi connectivity index (χ1v) is 8.08. The lowest BCUT2D eigenvalue weighted by Crippen LogP contribution is -2.22. The van der Waals surface area contributed by atoms with Crippen LogP contribution in [0.25, 0.3) is 0 Å². The summed E-state index contributed by atoms with van der Waals surface area (Å²) in [7, 11) is 1.73. The lowest BCUT2D eigenvalue weighted by molar-refractivity contribution is 0.0750. The van der Waals surface area contributed by atoms with Gasteiger partial charge in [0, 0.05) is 23.1 Å². The fraction of sp³-hybridized carbons (Fsp3) is 0.333. The van der Waals surface area contributed by atoms with Crippen molar-refractivity contribution in [1.82, 2.24) is 0 Å². The number of benzene rings is 1. The molecule has 1 aromatic carbocycles. The first-order valence-electron chi connectivity index (χ1n) is 6.15. The Balaban J connectivity index is 1.77. The summed E-state index contributed by atoms with van der Waals surface area (Å²) < 4.78 is 11.2. The van der Waals surface area contributed by atoms with E-state index in [0.29, 0.717) is 6.61 Å². The Morgan fingerprint density at radius 1 is 1.21 bits per heavy atom. The molecule has 102 valence electrons. The molecule has 4 heteroatoms. The van der Waals surface area contributed by atoms with E-state index in [9.17, 15) is 0 Å². The van der Waals surface area contributed by atoms with E-state index in [1.54, 1.807) is 30.2 Å². The Hall–Kier alpha value is -0.970. The molecule has 0 amide bonds. The van der Waals surface area contributed by atoms with Crippen LogP contribution in [0.5, 0.6) is 5.75 Å². The van der Waals surface area contributed by atoms with Gasteiger partial charge in [0.2, 0.25) is 0 Å². The smallest absolute Gasteiger partial charge is 0.119 e. The average Bonchev–Trinajstić information content (AvgIpc) is 2.94. The molecular formula is C15H18O2S2. The summed E-state index contributed by atoms with van der Waals surface area (Å²) in [5, 5.41) is 4.24. The summed E-state index contributed by atoms with van der Waals surface area (Å²) in [5.41, 5.74) is 1.24. The van der Waals surface area contributed by atoms with Crippen molar-refractivity contribution in [2.45, 2.75) is 17.9 Å². The summed E-state index contributed by atoms with van der Waals surface area (Å²) in [6.45, 7) is 2.65. The van der Waals surface area contributed by atoms with Gasteiger partial charge >= 0.3 is 0 Å². The maximum atomic E-state index is 5.75. The topological polar surface area (TPSA) is 18.5 Å². The normalized spacial score (nSPS) is 12.3. The van der Waals surface area contributed by atoms with E-state index in [0.717, 1.165) is 11.5 Å². The molecule has 1 heterocycles. The zero-order valence-corrected chi connectivity index (χ0v) is 12.8. The number of methoxy groups -OCH3 is 1. The van der Waals surface area contributed by atoms with Crippen molar-refractivity contribution in [2.24, 2.45) is 0 Å². The highest BCUT2D eigenvalue weighted by Crippen LogP contribution is 2.22. The van der Waals surface area contributed by atoms with Crippen LogP contribution in [0.4, 0.5) is 0 Å². The molecule has 0 aliphatic heterocycles. The van der Waals surface area contributed by atoms with E-state index in [1.165, 1.54) is 10.5 Å². The Morgan fingerprint density at radius 2 is 2.00 bits per heavy atom. The Labute approximate surface area is 122 Å². The van der Waals surface area contributed by atoms with Crippen LogP contribution in [0.3, 0.4) is 0 Å². The SMILES string of the molecule is COC(COc1ccc(C)cc1)CSc1ccsc1. The number of hydrogen-bond acceptors (Lipinski definition) is 4. The first-order chi connectivity index (χ1) is 9.28. The number of aryl methyl sites for hydroxylation is 1. The summed E-state index contributed by atoms with van der Waals surface area (Å²) in [6, 6.07) is 10.2. The monoisotopic (exact) mass is 294 g/mol. The van der Waals surface area contributed by atoms with Crippen LogP contribution < -0.4 is 4.74 Å². The third-order valence-electron chi connectivity index (χ3n) is 2.72. The number of thiophene rings is 1. The van der Waals surface area contributed by atoms with Crippen LogP contribution in [0.15, 0.2) is 46.0 Å². The maximum Gasteiger partial charge on any atom is 0.119 e. The van der Waals surface area contributed by atoms with E-state index in [2.05, 4.69) is 35.9 Å². The summed E-state index contributed by atoms with van der Waals surface area (Å²) in [5.74, 6) is 1.80. The molecule has 0 radical (unpaired) electrons. The number of rotatable bonds is 7. The number of hydrogen-bond donors (Lipinski definition) is 0. The maximum absolute atomic E-state index is 5.75. The second-order valence-electron chi connectivity index (χ2n) is 4.25. The molecule has 1 atom stereocenters. The second kappa shape index (κ2) is 7.58. The fourth-order valence-electron chi connectivity index (χ4n) is 1.53. The fourth-order valence-corrected chi connectivity index (χ4v) is 3.35. The molecule has 0 spiro atoms. The lowest BCUT2D eigenvalue weighted by atomic mass is 10.2. The van der Waals surface area contributed by atoms with Crippen LogP contribution in [0, 0.1) is 6.92 Å². The minimum absolute atomic E-state index is 0.103. The van der Waals surface area contributed by atoms with E-state index in [4.69, 9.17) is 9.47 Å². The molecule has 19 heavy (non-hydrogen) atoms. The van der Waals surface area contributed by atoms with Crippen LogP contribution in [0.2, 0.25) is 0 Å². The molecular weight excluding hydrogens is 276 g/mol. The molecule has 0 aliphatic rings. The summed E-state index contributed by atoms with van der Waals surface area (Å²) in [6.07, 6.45) is 0.103. The van der Waals surface area contributed by atoms with Crippen LogP contribution in [-0.2, 0) is 4.74 Å². The Kier molecular flexibility index (Phi) is 5.76. The summed E-state index contributed by atoms with van der Waals surface area (Å²) in [4.78, 5) is 1.29. The van der Waals surface area contributed by atoms with Crippen molar-refractivity contribution in [3.8, 4) is 5.75 Å². The third-order valence-corrected chi connectivity index (χ3v) is 4.68. The van der Waals surface area contributed by atoms with Gasteiger partial charge < -0.3 is 9.47 Å². The molecule has 0 saturated heterocycles. The standard InChI is InChI=1S/C15H18O2S2/c1-12-3-5-13(6-4-12)17-9-14(16-2)10-19-15-7-8-18-11-15/h3-8,11,14H,9-10H2,1-2H3. The Morgan fingerprint density at radius 3 is 2.63 bits per heavy atom. The highest BCUT2D eigenvalue weighted by Gasteiger charge is 2.09. The van der Waals surface area contributed by atoms with Crippen molar-refractivity contribution in [2.75, 3.05) is 19.5 Å². The summed E-state index contributed by atoms with van der Waals surface area (Å²) >= 11 is 3.52. The molecule has 0 aliphatic carbocycles. The van der Waals surface area contributed by atoms with Crippen LogP contribution in [0.1, 0.15) is 5.56 Å². The van der Waals surface area contributed by atoms with Gasteiger partial charge in [0.25, 0.3) is 0 Å². The highest BCUT2D eigenvalue weighted by atomic mass is 32.2. The van der Waals surface area contributed by atoms with E-state index in [-0.39, 0.29) is 6.10 Å². The van der Waals surface area contributed by atoms with Gasteiger partial charge in [-0.3, -0.25) is 0 Å². The quantitative estimate of drug-likeness (QED) is 0.712. The van der Waals surface area contributed by atoms with Gasteiger partial charge in [-0.15, -0.1) is 11.8 Å². The van der Waals surface area contributed by atoms with E-state index < -0.39 is 0 Å². The molecule has 1 aromatic heterocycles. The molecule has 0 bridgehead atoms. The molecule has 0 fully saturated rings. The minimum atomic E-state index is 0.103. The van der Waals surface area contributed by atoms with Gasteiger partial charge in [-0.2, -0.15) is 11.3 Å². The number of thioether (sulfide) groups is 1. The van der Waals surface area contributed by atoms with E-state index in [1.807, 2.05) is 12.1 Å². The van der Waals surface area contributed by atoms with Crippen molar-refractivity contribution < 1.29 is 9.47 Å². The lowest BCUT2D eigenvalue weighted by Gasteiger charge is -2.15. The predicted molar refractivity (Wildman–Crippen MR) is 82.5 cm³/mol. The van der Waals surface area contributed by atoms with Crippen LogP contribution in [-0.4, -0.2) is 25.6 Å². The van der Waals surface area contributed by atoms with Crippen molar-refractivity contribution >= 4 is 23.1 Å². The molecule has 2 aromatic rings. The Bertz CT molecular complexity index is 465. The molecule has 1 unspecified atom stereocenters. The van der Waals surface area contributed by atoms with Gasteiger partial charge in [-0.1, -0.05) is 17.7 Å². The van der Waals surface area contributed by atoms with E-state index >= 15 is 0 Å². The van der Waals surface area contributed by atoms with Crippen molar-refractivity contribution in [3.05, 3.63) is 46.7 Å². The molecule has 0 saturated carbocycles. The van der Waals surface area contributed by atoms with Crippen LogP contribution >= 0.6 is 23.1 Å². The second-order valence-corrected chi connectivity index (χ2v) is 6.13. The third kappa shape index (κ3) is 4.90. The zero-order chi connectivity index (χ0) is 13.5. The van der Waals surface area contributed by atoms with Gasteiger partial charge in [0.05, 0.1) is 0 Å². The highest BCUT2D eigenvalue weighted by molar-refractivity contribution is 7.99. The van der Waals surface area contributed by atoms with Gasteiger partial charge in [0.1, 0.15) is 18.5 Å². The average molecular weight is 294 g/mol. The zero-order valence-electron chi connectivity index (χ0n) is 11.2. The largest absolute Gasteiger partial charge is 0.491 e. The van der Waals surface area contributed by atoms with Gasteiger partial charge in [0.15, 0.2) is 0 Å². The van der Waals surface area contributed by atoms with Crippen molar-refractivity contribution in [3.63, 3.8) is 0 Å². The molecule has 2 nitrogen and oxygen atoms in total. The van der Waals surface area contributed by atoms with Gasteiger partial charge in [-0.25, -0.2) is 0 Å². The molecule has 0 N–H and O–H groups in total. The minimum Gasteiger partial charge on any atom is -0.491 e. The predicted octanol–water partition coefficient (Wildman–Crippen LogP) is 4.24. The number of ether oxygens (including phenoxy) is 2. The van der Waals surface area contributed by atoms with Crippen molar-refractivity contribution in [1.29, 1.82) is 0 Å². The first kappa shape index (κ1) is 14.4. The molecule has 2 rings (SSSR count). The van der Waals surface area contributed by atoms with Gasteiger partial charge in [-0.05, 0) is 30.5 Å².